The molecule has 0 spiro atoms. The minimum absolute atomic E-state index is 0.0173. The summed E-state index contributed by atoms with van der Waals surface area (Å²) in [6.07, 6.45) is 2.72. The minimum Gasteiger partial charge on any atom is -0.388 e. The van der Waals surface area contributed by atoms with Gasteiger partial charge in [-0.25, -0.2) is 9.78 Å². The maximum atomic E-state index is 12.8. The standard InChI is InChI=1S/C38H43N13O3/c1-2-31-46-48-51(47-31)30-19-29(33(52)34(30)53)50-23-42-32-35(40-21-28(24-11-5-3-6-12-24)25-13-7-4-8-14-25)44-37(45-36(32)50)49-18-16-27(22-49)43-38(54)41-20-26-15-9-10-17-39-26/h3-15,17,23,27-30,33-34,52-53H,2,16,18-22H2,1H3,(H,40,44,45)(H2,41,43,54)/t27?,29-,30+,33+,34-/m1/s1. The minimum atomic E-state index is -1.14. The summed E-state index contributed by atoms with van der Waals surface area (Å²) in [5.74, 6) is 1.60. The molecule has 2 aliphatic rings. The van der Waals surface area contributed by atoms with E-state index in [1.54, 1.807) is 12.5 Å². The lowest BCUT2D eigenvalue weighted by atomic mass is 9.91. The van der Waals surface area contributed by atoms with Crippen molar-refractivity contribution in [1.82, 2.24) is 55.3 Å². The average Bonchev–Trinajstić information content (AvgIpc) is 4.03. The van der Waals surface area contributed by atoms with Crippen LogP contribution < -0.4 is 20.9 Å². The summed E-state index contributed by atoms with van der Waals surface area (Å²) in [5.41, 5.74) is 4.14. The third-order valence-electron chi connectivity index (χ3n) is 10.3. The highest BCUT2D eigenvalue weighted by Gasteiger charge is 2.45. The first-order valence-electron chi connectivity index (χ1n) is 18.4. The summed E-state index contributed by atoms with van der Waals surface area (Å²) in [4.78, 5) is 35.4. The van der Waals surface area contributed by atoms with Crippen LogP contribution in [0.15, 0.2) is 91.4 Å². The van der Waals surface area contributed by atoms with Gasteiger partial charge >= 0.3 is 6.03 Å². The molecule has 4 aromatic heterocycles. The number of hydrogen-bond acceptors (Lipinski definition) is 12. The fourth-order valence-corrected chi connectivity index (χ4v) is 7.41. The Hall–Kier alpha value is -6.00. The van der Waals surface area contributed by atoms with Crippen molar-refractivity contribution in [2.75, 3.05) is 29.9 Å². The molecule has 0 radical (unpaired) electrons. The van der Waals surface area contributed by atoms with Gasteiger partial charge in [-0.15, -0.1) is 10.2 Å². The second-order valence-corrected chi connectivity index (χ2v) is 13.8. The topological polar surface area (TPSA) is 197 Å². The number of aliphatic hydroxyl groups excluding tert-OH is 2. The molecule has 1 unspecified atom stereocenters. The van der Waals surface area contributed by atoms with E-state index in [0.717, 1.165) is 16.8 Å². The largest absolute Gasteiger partial charge is 0.388 e. The van der Waals surface area contributed by atoms with Crippen LogP contribution in [0.2, 0.25) is 0 Å². The second-order valence-electron chi connectivity index (χ2n) is 13.8. The number of carbonyl (C=O) groups excluding carboxylic acids is 1. The molecule has 1 aliphatic carbocycles. The number of rotatable bonds is 12. The highest BCUT2D eigenvalue weighted by molar-refractivity contribution is 5.84. The molecule has 2 amide bonds. The lowest BCUT2D eigenvalue weighted by Gasteiger charge is -2.22. The molecule has 1 aliphatic heterocycles. The van der Waals surface area contributed by atoms with Crippen LogP contribution in [0.5, 0.6) is 0 Å². The van der Waals surface area contributed by atoms with Gasteiger partial charge in [0.25, 0.3) is 0 Å². The van der Waals surface area contributed by atoms with Gasteiger partial charge in [-0.3, -0.25) is 4.98 Å². The molecule has 6 aromatic rings. The van der Waals surface area contributed by atoms with Crippen molar-refractivity contribution in [3.05, 3.63) is 114 Å². The number of pyridine rings is 1. The number of amides is 2. The Morgan fingerprint density at radius 2 is 1.67 bits per heavy atom. The van der Waals surface area contributed by atoms with Gasteiger partial charge in [0.15, 0.2) is 22.8 Å². The van der Waals surface area contributed by atoms with Gasteiger partial charge in [-0.1, -0.05) is 73.7 Å². The van der Waals surface area contributed by atoms with Gasteiger partial charge in [0.1, 0.15) is 18.2 Å². The van der Waals surface area contributed by atoms with Crippen LogP contribution in [-0.2, 0) is 13.0 Å². The first-order valence-corrected chi connectivity index (χ1v) is 18.4. The fourth-order valence-electron chi connectivity index (χ4n) is 7.41. The molecule has 5 atom stereocenters. The Bertz CT molecular complexity index is 2130. The van der Waals surface area contributed by atoms with Crippen molar-refractivity contribution in [3.63, 3.8) is 0 Å². The summed E-state index contributed by atoms with van der Waals surface area (Å²) in [7, 11) is 0. The highest BCUT2D eigenvalue weighted by Crippen LogP contribution is 2.40. The zero-order valence-electron chi connectivity index (χ0n) is 29.8. The second kappa shape index (κ2) is 15.5. The quantitative estimate of drug-likeness (QED) is 0.124. The van der Waals surface area contributed by atoms with Crippen LogP contribution in [0.1, 0.15) is 60.4 Å². The van der Waals surface area contributed by atoms with E-state index in [-0.39, 0.29) is 18.0 Å². The van der Waals surface area contributed by atoms with Gasteiger partial charge in [0.2, 0.25) is 5.95 Å². The molecule has 5 N–H and O–H groups in total. The molecule has 2 aromatic carbocycles. The number of nitrogens with one attached hydrogen (secondary N) is 3. The normalized spacial score (nSPS) is 21.2. The number of urea groups is 1. The number of hydrogen-bond donors (Lipinski definition) is 5. The van der Waals surface area contributed by atoms with Gasteiger partial charge in [-0.2, -0.15) is 14.8 Å². The van der Waals surface area contributed by atoms with Gasteiger partial charge in [0, 0.05) is 44.2 Å². The van der Waals surface area contributed by atoms with Crippen LogP contribution >= 0.6 is 0 Å². The number of aromatic nitrogens is 9. The molecule has 5 heterocycles. The van der Waals surface area contributed by atoms with Gasteiger partial charge in [0.05, 0.1) is 24.6 Å². The van der Waals surface area contributed by atoms with Gasteiger partial charge in [-0.05, 0) is 41.3 Å². The van der Waals surface area contributed by atoms with E-state index in [9.17, 15) is 15.0 Å². The highest BCUT2D eigenvalue weighted by atomic mass is 16.3. The molecule has 8 rings (SSSR count). The van der Waals surface area contributed by atoms with Crippen LogP contribution in [-0.4, -0.2) is 98.8 Å². The summed E-state index contributed by atoms with van der Waals surface area (Å²) in [6, 6.07) is 24.7. The summed E-state index contributed by atoms with van der Waals surface area (Å²) >= 11 is 0. The van der Waals surface area contributed by atoms with Crippen molar-refractivity contribution in [2.45, 2.75) is 69.0 Å². The Balaban J connectivity index is 1.08. The first kappa shape index (κ1) is 35.1. The predicted octanol–water partition coefficient (Wildman–Crippen LogP) is 3.00. The van der Waals surface area contributed by atoms with Crippen LogP contribution in [0.3, 0.4) is 0 Å². The molecule has 1 saturated carbocycles. The zero-order chi connectivity index (χ0) is 37.0. The lowest BCUT2D eigenvalue weighted by molar-refractivity contribution is 0.00473. The maximum absolute atomic E-state index is 12.8. The number of aliphatic hydroxyl groups is 2. The third-order valence-corrected chi connectivity index (χ3v) is 10.3. The smallest absolute Gasteiger partial charge is 0.315 e. The Labute approximate surface area is 311 Å². The van der Waals surface area contributed by atoms with Crippen molar-refractivity contribution >= 4 is 29.0 Å². The summed E-state index contributed by atoms with van der Waals surface area (Å²) in [6.45, 7) is 3.90. The van der Waals surface area contributed by atoms with Crippen LogP contribution in [0.25, 0.3) is 11.2 Å². The van der Waals surface area contributed by atoms with E-state index >= 15 is 0 Å². The predicted molar refractivity (Wildman–Crippen MR) is 201 cm³/mol. The lowest BCUT2D eigenvalue weighted by Crippen LogP contribution is -2.43. The number of imidazole rings is 1. The van der Waals surface area contributed by atoms with E-state index < -0.39 is 24.3 Å². The molecule has 16 heteroatoms. The van der Waals surface area contributed by atoms with E-state index in [0.29, 0.717) is 74.2 Å². The number of nitrogens with zero attached hydrogens (tertiary/aromatic N) is 10. The Morgan fingerprint density at radius 1 is 0.926 bits per heavy atom. The number of tetrazole rings is 1. The SMILES string of the molecule is CCc1nnn([C@H]2C[C@@H](n3cnc4c(NCC(c5ccccc5)c5ccccc5)nc(N5CCC(NC(=O)NCc6ccccn6)C5)nc43)[C@H](O)[C@@H]2O)n1. The van der Waals surface area contributed by atoms with Gasteiger partial charge < -0.3 is 35.6 Å². The molecule has 2 fully saturated rings. The summed E-state index contributed by atoms with van der Waals surface area (Å²) < 4.78 is 1.82. The van der Waals surface area contributed by atoms with E-state index in [1.807, 2.05) is 71.0 Å². The maximum Gasteiger partial charge on any atom is 0.315 e. The van der Waals surface area contributed by atoms with Crippen molar-refractivity contribution in [2.24, 2.45) is 0 Å². The molecular formula is C38H43N13O3. The molecule has 278 valence electrons. The Kier molecular flexibility index (Phi) is 10.1. The monoisotopic (exact) mass is 729 g/mol. The number of carbonyl (C=O) groups is 1. The first-order chi connectivity index (χ1) is 26.4. The third kappa shape index (κ3) is 7.30. The fraction of sp³-hybridized carbons (Fsp3) is 0.368. The average molecular weight is 730 g/mol. The van der Waals surface area contributed by atoms with E-state index in [1.165, 1.54) is 4.80 Å². The molecule has 54 heavy (non-hydrogen) atoms. The molecule has 1 saturated heterocycles. The molecule has 16 nitrogen and oxygen atoms in total. The van der Waals surface area contributed by atoms with Crippen molar-refractivity contribution < 1.29 is 15.0 Å². The van der Waals surface area contributed by atoms with Crippen LogP contribution in [0, 0.1) is 0 Å². The van der Waals surface area contributed by atoms with E-state index in [4.69, 9.17) is 15.0 Å². The van der Waals surface area contributed by atoms with Crippen molar-refractivity contribution in [3.8, 4) is 0 Å². The number of anilines is 2. The number of fused-ring (bicyclic) bond motifs is 1. The number of benzene rings is 2. The molecule has 0 bridgehead atoms. The molecular weight excluding hydrogens is 687 g/mol. The number of aryl methyl sites for hydroxylation is 1. The zero-order valence-corrected chi connectivity index (χ0v) is 29.8. The van der Waals surface area contributed by atoms with Crippen molar-refractivity contribution in [1.29, 1.82) is 0 Å². The van der Waals surface area contributed by atoms with E-state index in [2.05, 4.69) is 60.6 Å². The van der Waals surface area contributed by atoms with Crippen LogP contribution in [0.4, 0.5) is 16.6 Å². The Morgan fingerprint density at radius 3 is 2.37 bits per heavy atom. The summed E-state index contributed by atoms with van der Waals surface area (Å²) in [5, 5.41) is 44.8.